The van der Waals surface area contributed by atoms with Crippen LogP contribution in [0.15, 0.2) is 41.5 Å². The van der Waals surface area contributed by atoms with Crippen LogP contribution in [0.25, 0.3) is 0 Å². The van der Waals surface area contributed by atoms with Crippen molar-refractivity contribution in [2.24, 2.45) is 10.5 Å². The number of hydrogen-bond donors (Lipinski definition) is 2. The molecule has 0 atom stereocenters. The standard InChI is InChI=1S/C23H29N3O5/c1-14(15-9-8-10-17(11-15)24-22(28)23(2,3)4)25-26-21(27)16-12-18(29-5)20(31-7)19(13-16)30-6/h8-13H,1-7H3,(H,24,28)(H,26,27). The molecule has 0 saturated heterocycles. The van der Waals surface area contributed by atoms with E-state index in [-0.39, 0.29) is 5.91 Å². The molecule has 0 aliphatic carbocycles. The average Bonchev–Trinajstić information content (AvgIpc) is 2.75. The number of hydrazone groups is 1. The number of nitrogens with zero attached hydrogens (tertiary/aromatic N) is 1. The Labute approximate surface area is 182 Å². The number of anilines is 1. The zero-order valence-corrected chi connectivity index (χ0v) is 19.0. The molecule has 0 aromatic heterocycles. The van der Waals surface area contributed by atoms with E-state index in [0.717, 1.165) is 5.56 Å². The largest absolute Gasteiger partial charge is 0.493 e. The molecule has 8 heteroatoms. The summed E-state index contributed by atoms with van der Waals surface area (Å²) in [5.41, 5.74) is 4.32. The number of carbonyl (C=O) groups excluding carboxylic acids is 2. The summed E-state index contributed by atoms with van der Waals surface area (Å²) in [6.45, 7) is 7.30. The van der Waals surface area contributed by atoms with Gasteiger partial charge in [-0.3, -0.25) is 9.59 Å². The predicted molar refractivity (Wildman–Crippen MR) is 120 cm³/mol. The number of rotatable bonds is 7. The van der Waals surface area contributed by atoms with Crippen LogP contribution in [-0.4, -0.2) is 38.9 Å². The first-order chi connectivity index (χ1) is 14.6. The Morgan fingerprint density at radius 1 is 0.903 bits per heavy atom. The summed E-state index contributed by atoms with van der Waals surface area (Å²) in [6.07, 6.45) is 0. The molecular formula is C23H29N3O5. The lowest BCUT2D eigenvalue weighted by atomic mass is 9.95. The van der Waals surface area contributed by atoms with Crippen LogP contribution < -0.4 is 25.0 Å². The van der Waals surface area contributed by atoms with E-state index in [9.17, 15) is 9.59 Å². The first-order valence-electron chi connectivity index (χ1n) is 9.67. The summed E-state index contributed by atoms with van der Waals surface area (Å²) in [5.74, 6) is 0.617. The zero-order chi connectivity index (χ0) is 23.2. The molecule has 0 bridgehead atoms. The van der Waals surface area contributed by atoms with Crippen molar-refractivity contribution < 1.29 is 23.8 Å². The van der Waals surface area contributed by atoms with Gasteiger partial charge in [0.15, 0.2) is 11.5 Å². The second kappa shape index (κ2) is 9.97. The minimum absolute atomic E-state index is 0.0880. The Hall–Kier alpha value is -3.55. The van der Waals surface area contributed by atoms with Crippen LogP contribution in [-0.2, 0) is 4.79 Å². The maximum Gasteiger partial charge on any atom is 0.271 e. The van der Waals surface area contributed by atoms with Gasteiger partial charge in [-0.1, -0.05) is 32.9 Å². The van der Waals surface area contributed by atoms with E-state index in [1.807, 2.05) is 32.9 Å². The molecule has 2 rings (SSSR count). The third-order valence-electron chi connectivity index (χ3n) is 4.47. The lowest BCUT2D eigenvalue weighted by Gasteiger charge is -2.18. The molecule has 31 heavy (non-hydrogen) atoms. The highest BCUT2D eigenvalue weighted by Crippen LogP contribution is 2.38. The van der Waals surface area contributed by atoms with E-state index in [0.29, 0.717) is 34.2 Å². The molecular weight excluding hydrogens is 398 g/mol. The van der Waals surface area contributed by atoms with E-state index in [2.05, 4.69) is 15.8 Å². The fourth-order valence-electron chi connectivity index (χ4n) is 2.62. The van der Waals surface area contributed by atoms with E-state index in [1.54, 1.807) is 31.2 Å². The highest BCUT2D eigenvalue weighted by atomic mass is 16.5. The number of benzene rings is 2. The molecule has 0 aliphatic heterocycles. The molecule has 8 nitrogen and oxygen atoms in total. The van der Waals surface area contributed by atoms with Crippen molar-refractivity contribution in [3.8, 4) is 17.2 Å². The van der Waals surface area contributed by atoms with Crippen molar-refractivity contribution in [1.82, 2.24) is 5.43 Å². The van der Waals surface area contributed by atoms with Crippen molar-refractivity contribution in [3.05, 3.63) is 47.5 Å². The average molecular weight is 428 g/mol. The molecule has 0 fully saturated rings. The summed E-state index contributed by atoms with van der Waals surface area (Å²) >= 11 is 0. The molecule has 2 N–H and O–H groups in total. The highest BCUT2D eigenvalue weighted by molar-refractivity contribution is 6.02. The van der Waals surface area contributed by atoms with E-state index in [4.69, 9.17) is 14.2 Å². The lowest BCUT2D eigenvalue weighted by molar-refractivity contribution is -0.123. The number of carbonyl (C=O) groups is 2. The van der Waals surface area contributed by atoms with Gasteiger partial charge in [0, 0.05) is 16.7 Å². The Bertz CT molecular complexity index is 968. The Morgan fingerprint density at radius 2 is 1.52 bits per heavy atom. The molecule has 2 amide bonds. The Kier molecular flexibility index (Phi) is 7.63. The number of amides is 2. The summed E-state index contributed by atoms with van der Waals surface area (Å²) in [6, 6.07) is 10.3. The molecule has 0 heterocycles. The van der Waals surface area contributed by atoms with Crippen LogP contribution >= 0.6 is 0 Å². The van der Waals surface area contributed by atoms with Crippen molar-refractivity contribution in [3.63, 3.8) is 0 Å². The number of methoxy groups -OCH3 is 3. The monoisotopic (exact) mass is 427 g/mol. The van der Waals surface area contributed by atoms with Crippen LogP contribution in [0.2, 0.25) is 0 Å². The summed E-state index contributed by atoms with van der Waals surface area (Å²) in [5, 5.41) is 7.07. The minimum atomic E-state index is -0.506. The van der Waals surface area contributed by atoms with Crippen molar-refractivity contribution in [1.29, 1.82) is 0 Å². The van der Waals surface area contributed by atoms with Gasteiger partial charge in [0.1, 0.15) is 0 Å². The Morgan fingerprint density at radius 3 is 2.03 bits per heavy atom. The van der Waals surface area contributed by atoms with Crippen LogP contribution in [0.3, 0.4) is 0 Å². The van der Waals surface area contributed by atoms with Gasteiger partial charge in [-0.05, 0) is 36.8 Å². The van der Waals surface area contributed by atoms with E-state index < -0.39 is 11.3 Å². The first-order valence-corrected chi connectivity index (χ1v) is 9.67. The Balaban J connectivity index is 2.20. The van der Waals surface area contributed by atoms with Gasteiger partial charge in [0.25, 0.3) is 5.91 Å². The predicted octanol–water partition coefficient (Wildman–Crippen LogP) is 3.85. The van der Waals surface area contributed by atoms with Gasteiger partial charge >= 0.3 is 0 Å². The molecule has 0 unspecified atom stereocenters. The maximum absolute atomic E-state index is 12.6. The minimum Gasteiger partial charge on any atom is -0.493 e. The topological polar surface area (TPSA) is 98.2 Å². The van der Waals surface area contributed by atoms with Gasteiger partial charge in [0.2, 0.25) is 11.7 Å². The molecule has 0 radical (unpaired) electrons. The SMILES string of the molecule is COc1cc(C(=O)NN=C(C)c2cccc(NC(=O)C(C)(C)C)c2)cc(OC)c1OC. The second-order valence-electron chi connectivity index (χ2n) is 7.84. The van der Waals surface area contributed by atoms with Crippen LogP contribution in [0, 0.1) is 5.41 Å². The number of hydrogen-bond acceptors (Lipinski definition) is 6. The van der Waals surface area contributed by atoms with Crippen molar-refractivity contribution in [2.45, 2.75) is 27.7 Å². The van der Waals surface area contributed by atoms with E-state index in [1.165, 1.54) is 21.3 Å². The molecule has 2 aromatic carbocycles. The number of nitrogens with one attached hydrogen (secondary N) is 2. The van der Waals surface area contributed by atoms with Crippen LogP contribution in [0.4, 0.5) is 5.69 Å². The molecule has 166 valence electrons. The number of ether oxygens (including phenoxy) is 3. The normalized spacial score (nSPS) is 11.5. The molecule has 0 spiro atoms. The van der Waals surface area contributed by atoms with E-state index >= 15 is 0 Å². The molecule has 0 aliphatic rings. The summed E-state index contributed by atoms with van der Waals surface area (Å²) in [4.78, 5) is 24.8. The van der Waals surface area contributed by atoms with Crippen LogP contribution in [0.5, 0.6) is 17.2 Å². The summed E-state index contributed by atoms with van der Waals surface area (Å²) < 4.78 is 15.8. The van der Waals surface area contributed by atoms with Gasteiger partial charge in [-0.25, -0.2) is 5.43 Å². The fraction of sp³-hybridized carbons (Fsp3) is 0.348. The van der Waals surface area contributed by atoms with Crippen LogP contribution in [0.1, 0.15) is 43.6 Å². The van der Waals surface area contributed by atoms with Gasteiger partial charge in [0.05, 0.1) is 27.0 Å². The van der Waals surface area contributed by atoms with Gasteiger partial charge < -0.3 is 19.5 Å². The quantitative estimate of drug-likeness (QED) is 0.517. The lowest BCUT2D eigenvalue weighted by Crippen LogP contribution is -2.27. The fourth-order valence-corrected chi connectivity index (χ4v) is 2.62. The van der Waals surface area contributed by atoms with Gasteiger partial charge in [-0.15, -0.1) is 0 Å². The highest BCUT2D eigenvalue weighted by Gasteiger charge is 2.21. The maximum atomic E-state index is 12.6. The molecule has 0 saturated carbocycles. The van der Waals surface area contributed by atoms with Crippen molar-refractivity contribution in [2.75, 3.05) is 26.6 Å². The van der Waals surface area contributed by atoms with Gasteiger partial charge in [-0.2, -0.15) is 5.10 Å². The zero-order valence-electron chi connectivity index (χ0n) is 19.0. The van der Waals surface area contributed by atoms with Crippen molar-refractivity contribution >= 4 is 23.2 Å². The smallest absolute Gasteiger partial charge is 0.271 e. The third-order valence-corrected chi connectivity index (χ3v) is 4.47. The molecule has 2 aromatic rings. The summed E-state index contributed by atoms with van der Waals surface area (Å²) in [7, 11) is 4.45. The third kappa shape index (κ3) is 5.97. The second-order valence-corrected chi connectivity index (χ2v) is 7.84. The first kappa shape index (κ1) is 23.7.